The average molecular weight is 341 g/mol. The number of nitrogens with zero attached hydrogens (tertiary/aromatic N) is 1. The van der Waals surface area contributed by atoms with Crippen LogP contribution in [0.25, 0.3) is 0 Å². The molecule has 0 aliphatic rings. The van der Waals surface area contributed by atoms with Gasteiger partial charge in [0.25, 0.3) is 0 Å². The summed E-state index contributed by atoms with van der Waals surface area (Å²) in [6.45, 7) is 8.52. The number of aromatic nitrogens is 1. The minimum atomic E-state index is -0.499. The number of amides is 1. The van der Waals surface area contributed by atoms with Gasteiger partial charge in [0.15, 0.2) is 0 Å². The summed E-state index contributed by atoms with van der Waals surface area (Å²) < 4.78 is 5.79. The molecule has 0 saturated heterocycles. The van der Waals surface area contributed by atoms with Gasteiger partial charge in [0.2, 0.25) is 11.8 Å². The zero-order chi connectivity index (χ0) is 18.2. The SMILES string of the molecule is Cc1cc(CCNCCC(C)C)ccc1Oc1ccc(C(N)=O)cn1. The Morgan fingerprint density at radius 2 is 2.04 bits per heavy atom. The first-order valence-corrected chi connectivity index (χ1v) is 8.69. The molecule has 0 aliphatic heterocycles. The number of hydrogen-bond acceptors (Lipinski definition) is 4. The maximum absolute atomic E-state index is 11.1. The molecule has 0 atom stereocenters. The van der Waals surface area contributed by atoms with Crippen LogP contribution in [0.5, 0.6) is 11.6 Å². The molecule has 0 saturated carbocycles. The third kappa shape index (κ3) is 6.19. The molecule has 134 valence electrons. The lowest BCUT2D eigenvalue weighted by atomic mass is 10.1. The van der Waals surface area contributed by atoms with Gasteiger partial charge in [-0.2, -0.15) is 0 Å². The summed E-state index contributed by atoms with van der Waals surface area (Å²) in [5.74, 6) is 1.44. The van der Waals surface area contributed by atoms with Gasteiger partial charge < -0.3 is 15.8 Å². The van der Waals surface area contributed by atoms with E-state index in [1.807, 2.05) is 13.0 Å². The Morgan fingerprint density at radius 3 is 2.64 bits per heavy atom. The smallest absolute Gasteiger partial charge is 0.250 e. The molecule has 0 fully saturated rings. The highest BCUT2D eigenvalue weighted by Crippen LogP contribution is 2.24. The van der Waals surface area contributed by atoms with Crippen LogP contribution < -0.4 is 15.8 Å². The highest BCUT2D eigenvalue weighted by molar-refractivity contribution is 5.92. The Balaban J connectivity index is 1.89. The van der Waals surface area contributed by atoms with Crippen LogP contribution in [-0.4, -0.2) is 24.0 Å². The van der Waals surface area contributed by atoms with Crippen LogP contribution >= 0.6 is 0 Å². The third-order valence-corrected chi connectivity index (χ3v) is 3.96. The van der Waals surface area contributed by atoms with E-state index in [-0.39, 0.29) is 0 Å². The molecule has 0 bridgehead atoms. The van der Waals surface area contributed by atoms with E-state index in [0.29, 0.717) is 11.4 Å². The van der Waals surface area contributed by atoms with Crippen LogP contribution in [0.15, 0.2) is 36.5 Å². The normalized spacial score (nSPS) is 10.9. The lowest BCUT2D eigenvalue weighted by Crippen LogP contribution is -2.19. The lowest BCUT2D eigenvalue weighted by molar-refractivity contribution is 0.1000. The van der Waals surface area contributed by atoms with Crippen molar-refractivity contribution in [2.75, 3.05) is 13.1 Å². The summed E-state index contributed by atoms with van der Waals surface area (Å²) in [5.41, 5.74) is 7.90. The third-order valence-electron chi connectivity index (χ3n) is 3.96. The van der Waals surface area contributed by atoms with E-state index in [9.17, 15) is 4.79 Å². The van der Waals surface area contributed by atoms with Crippen LogP contribution in [0.4, 0.5) is 0 Å². The van der Waals surface area contributed by atoms with E-state index in [4.69, 9.17) is 10.5 Å². The van der Waals surface area contributed by atoms with Gasteiger partial charge in [-0.1, -0.05) is 26.0 Å². The zero-order valence-electron chi connectivity index (χ0n) is 15.2. The predicted octanol–water partition coefficient (Wildman–Crippen LogP) is 3.46. The number of nitrogens with two attached hydrogens (primary N) is 1. The van der Waals surface area contributed by atoms with Crippen molar-refractivity contribution in [1.82, 2.24) is 10.3 Å². The van der Waals surface area contributed by atoms with Crippen LogP contribution in [0.2, 0.25) is 0 Å². The molecule has 1 heterocycles. The molecule has 1 aromatic heterocycles. The number of benzene rings is 1. The molecule has 5 nitrogen and oxygen atoms in total. The molecule has 5 heteroatoms. The van der Waals surface area contributed by atoms with Gasteiger partial charge in [-0.15, -0.1) is 0 Å². The Labute approximate surface area is 149 Å². The number of rotatable bonds is 9. The number of aryl methyl sites for hydroxylation is 1. The van der Waals surface area contributed by atoms with Gasteiger partial charge in [0.1, 0.15) is 5.75 Å². The second-order valence-corrected chi connectivity index (χ2v) is 6.63. The molecule has 3 N–H and O–H groups in total. The summed E-state index contributed by atoms with van der Waals surface area (Å²) in [4.78, 5) is 15.2. The molecule has 25 heavy (non-hydrogen) atoms. The van der Waals surface area contributed by atoms with Gasteiger partial charge in [0.05, 0.1) is 5.56 Å². The Hall–Kier alpha value is -2.40. The summed E-state index contributed by atoms with van der Waals surface area (Å²) >= 11 is 0. The minimum absolute atomic E-state index is 0.365. The van der Waals surface area contributed by atoms with Crippen LogP contribution in [0, 0.1) is 12.8 Å². The van der Waals surface area contributed by atoms with E-state index in [1.54, 1.807) is 12.1 Å². The fourth-order valence-electron chi connectivity index (χ4n) is 2.43. The summed E-state index contributed by atoms with van der Waals surface area (Å²) in [6, 6.07) is 9.42. The number of nitrogens with one attached hydrogen (secondary N) is 1. The van der Waals surface area contributed by atoms with Gasteiger partial charge in [-0.05, 0) is 62.0 Å². The second-order valence-electron chi connectivity index (χ2n) is 6.63. The molecule has 0 radical (unpaired) electrons. The van der Waals surface area contributed by atoms with E-state index in [2.05, 4.69) is 36.3 Å². The summed E-state index contributed by atoms with van der Waals surface area (Å²) in [5, 5.41) is 3.47. The summed E-state index contributed by atoms with van der Waals surface area (Å²) in [7, 11) is 0. The van der Waals surface area contributed by atoms with Crippen LogP contribution in [0.1, 0.15) is 41.8 Å². The van der Waals surface area contributed by atoms with Gasteiger partial charge in [-0.25, -0.2) is 4.98 Å². The Morgan fingerprint density at radius 1 is 1.24 bits per heavy atom. The Bertz CT molecular complexity index is 697. The minimum Gasteiger partial charge on any atom is -0.439 e. The number of hydrogen-bond donors (Lipinski definition) is 2. The molecular weight excluding hydrogens is 314 g/mol. The first-order chi connectivity index (χ1) is 12.0. The number of primary amides is 1. The fourth-order valence-corrected chi connectivity index (χ4v) is 2.43. The predicted molar refractivity (Wildman–Crippen MR) is 100 cm³/mol. The number of pyridine rings is 1. The summed E-state index contributed by atoms with van der Waals surface area (Å²) in [6.07, 6.45) is 3.61. The van der Waals surface area contributed by atoms with Crippen molar-refractivity contribution >= 4 is 5.91 Å². The van der Waals surface area contributed by atoms with Crippen molar-refractivity contribution < 1.29 is 9.53 Å². The molecule has 2 aromatic rings. The largest absolute Gasteiger partial charge is 0.439 e. The van der Waals surface area contributed by atoms with Crippen LogP contribution in [0.3, 0.4) is 0 Å². The number of ether oxygens (including phenoxy) is 1. The highest BCUT2D eigenvalue weighted by atomic mass is 16.5. The van der Waals surface area contributed by atoms with Crippen LogP contribution in [-0.2, 0) is 6.42 Å². The van der Waals surface area contributed by atoms with Crippen molar-refractivity contribution in [1.29, 1.82) is 0 Å². The lowest BCUT2D eigenvalue weighted by Gasteiger charge is -2.11. The van der Waals surface area contributed by atoms with Gasteiger partial charge in [0, 0.05) is 12.3 Å². The molecular formula is C20H27N3O2. The molecule has 0 spiro atoms. The maximum atomic E-state index is 11.1. The van der Waals surface area contributed by atoms with Crippen molar-refractivity contribution in [2.45, 2.75) is 33.6 Å². The molecule has 0 unspecified atom stereocenters. The quantitative estimate of drug-likeness (QED) is 0.685. The topological polar surface area (TPSA) is 77.2 Å². The standard InChI is InChI=1S/C20H27N3O2/c1-14(2)8-10-22-11-9-16-4-6-18(15(3)12-16)25-19-7-5-17(13-23-19)20(21)24/h4-7,12-14,22H,8-11H2,1-3H3,(H2,21,24). The Kier molecular flexibility index (Phi) is 6.95. The van der Waals surface area contributed by atoms with Crippen molar-refractivity contribution in [2.24, 2.45) is 11.7 Å². The molecule has 1 aromatic carbocycles. The molecule has 2 rings (SSSR count). The van der Waals surface area contributed by atoms with E-state index in [0.717, 1.165) is 36.7 Å². The van der Waals surface area contributed by atoms with Gasteiger partial charge >= 0.3 is 0 Å². The molecule has 0 aliphatic carbocycles. The zero-order valence-corrected chi connectivity index (χ0v) is 15.2. The van der Waals surface area contributed by atoms with Gasteiger partial charge in [-0.3, -0.25) is 4.79 Å². The first-order valence-electron chi connectivity index (χ1n) is 8.69. The van der Waals surface area contributed by atoms with Crippen molar-refractivity contribution in [3.63, 3.8) is 0 Å². The fraction of sp³-hybridized carbons (Fsp3) is 0.400. The highest BCUT2D eigenvalue weighted by Gasteiger charge is 2.06. The first kappa shape index (κ1) is 18.9. The maximum Gasteiger partial charge on any atom is 0.250 e. The van der Waals surface area contributed by atoms with E-state index >= 15 is 0 Å². The van der Waals surface area contributed by atoms with E-state index < -0.39 is 5.91 Å². The average Bonchev–Trinajstić information content (AvgIpc) is 2.57. The number of carbonyl (C=O) groups is 1. The monoisotopic (exact) mass is 341 g/mol. The number of carbonyl (C=O) groups excluding carboxylic acids is 1. The second kappa shape index (κ2) is 9.18. The molecule has 1 amide bonds. The van der Waals surface area contributed by atoms with Crippen molar-refractivity contribution in [3.8, 4) is 11.6 Å². The van der Waals surface area contributed by atoms with E-state index in [1.165, 1.54) is 18.2 Å². The van der Waals surface area contributed by atoms with Crippen molar-refractivity contribution in [3.05, 3.63) is 53.2 Å².